The molecule has 17 heavy (non-hydrogen) atoms. The van der Waals surface area contributed by atoms with E-state index in [9.17, 15) is 0 Å². The van der Waals surface area contributed by atoms with Crippen molar-refractivity contribution in [3.63, 3.8) is 0 Å². The summed E-state index contributed by atoms with van der Waals surface area (Å²) in [5.74, 6) is 2.25. The first kappa shape index (κ1) is 16.9. The Balaban J connectivity index is 0.00000121. The first-order chi connectivity index (χ1) is 8.15. The van der Waals surface area contributed by atoms with Crippen molar-refractivity contribution in [3.8, 4) is 0 Å². The molecule has 2 heteroatoms. The van der Waals surface area contributed by atoms with Gasteiger partial charge in [0.15, 0.2) is 0 Å². The zero-order valence-corrected chi connectivity index (χ0v) is 12.4. The first-order valence-electron chi connectivity index (χ1n) is 7.37. The van der Waals surface area contributed by atoms with Crippen molar-refractivity contribution < 1.29 is 9.84 Å². The fraction of sp³-hybridized carbons (Fsp3) is 1.00. The van der Waals surface area contributed by atoms with Crippen molar-refractivity contribution in [2.45, 2.75) is 66.4 Å². The molecule has 0 aromatic heterocycles. The maximum atomic E-state index is 8.74. The van der Waals surface area contributed by atoms with E-state index in [1.54, 1.807) is 0 Å². The molecule has 104 valence electrons. The van der Waals surface area contributed by atoms with E-state index < -0.39 is 0 Å². The zero-order valence-electron chi connectivity index (χ0n) is 12.4. The van der Waals surface area contributed by atoms with Gasteiger partial charge in [0.1, 0.15) is 0 Å². The van der Waals surface area contributed by atoms with Gasteiger partial charge in [-0.2, -0.15) is 0 Å². The fourth-order valence-electron chi connectivity index (χ4n) is 2.61. The van der Waals surface area contributed by atoms with Gasteiger partial charge in [-0.15, -0.1) is 0 Å². The molecule has 0 radical (unpaired) electrons. The highest BCUT2D eigenvalue weighted by Gasteiger charge is 2.30. The molecule has 2 nitrogen and oxygen atoms in total. The van der Waals surface area contributed by atoms with Gasteiger partial charge in [0.25, 0.3) is 0 Å². The molecule has 1 N–H and O–H groups in total. The van der Waals surface area contributed by atoms with Crippen molar-refractivity contribution in [1.29, 1.82) is 0 Å². The van der Waals surface area contributed by atoms with Gasteiger partial charge in [-0.3, -0.25) is 0 Å². The Kier molecular flexibility index (Phi) is 9.85. The van der Waals surface area contributed by atoms with Gasteiger partial charge >= 0.3 is 0 Å². The minimum Gasteiger partial charge on any atom is -0.396 e. The standard InChI is InChI=1S/C13H26O2.C2H6/c1-10(2)12-6-5-11(3)9-13(12)15-8-4-7-14;1-2/h10-14H,4-9H2,1-3H3;1-2H3. The molecule has 0 bridgehead atoms. The van der Waals surface area contributed by atoms with Gasteiger partial charge in [-0.05, 0) is 37.0 Å². The third-order valence-corrected chi connectivity index (χ3v) is 3.60. The summed E-state index contributed by atoms with van der Waals surface area (Å²) in [5, 5.41) is 8.74. The highest BCUT2D eigenvalue weighted by Crippen LogP contribution is 2.35. The van der Waals surface area contributed by atoms with E-state index in [1.165, 1.54) is 19.3 Å². The van der Waals surface area contributed by atoms with Crippen LogP contribution in [0.4, 0.5) is 0 Å². The first-order valence-corrected chi connectivity index (χ1v) is 7.37. The zero-order chi connectivity index (χ0) is 13.3. The molecule has 1 aliphatic rings. The normalized spacial score (nSPS) is 28.8. The summed E-state index contributed by atoms with van der Waals surface area (Å²) in [5.41, 5.74) is 0. The average Bonchev–Trinajstić information content (AvgIpc) is 2.32. The second-order valence-electron chi connectivity index (χ2n) is 5.31. The van der Waals surface area contributed by atoms with Gasteiger partial charge < -0.3 is 9.84 Å². The van der Waals surface area contributed by atoms with Crippen LogP contribution in [0.3, 0.4) is 0 Å². The second-order valence-corrected chi connectivity index (χ2v) is 5.31. The van der Waals surface area contributed by atoms with Crippen LogP contribution >= 0.6 is 0 Å². The van der Waals surface area contributed by atoms with Gasteiger partial charge in [0.2, 0.25) is 0 Å². The number of rotatable bonds is 5. The summed E-state index contributed by atoms with van der Waals surface area (Å²) in [7, 11) is 0. The number of hydrogen-bond acceptors (Lipinski definition) is 2. The van der Waals surface area contributed by atoms with Crippen LogP contribution in [-0.4, -0.2) is 24.4 Å². The molecule has 0 heterocycles. The Morgan fingerprint density at radius 1 is 1.24 bits per heavy atom. The lowest BCUT2D eigenvalue weighted by Crippen LogP contribution is -2.34. The van der Waals surface area contributed by atoms with Crippen LogP contribution in [0.15, 0.2) is 0 Å². The second kappa shape index (κ2) is 9.90. The van der Waals surface area contributed by atoms with Crippen LogP contribution in [0.1, 0.15) is 60.3 Å². The maximum absolute atomic E-state index is 8.74. The van der Waals surface area contributed by atoms with E-state index in [-0.39, 0.29) is 6.61 Å². The predicted molar refractivity (Wildman–Crippen MR) is 74.1 cm³/mol. The van der Waals surface area contributed by atoms with E-state index in [1.807, 2.05) is 13.8 Å². The van der Waals surface area contributed by atoms with Crippen LogP contribution in [0, 0.1) is 17.8 Å². The molecule has 1 fully saturated rings. The Bertz CT molecular complexity index is 168. The monoisotopic (exact) mass is 244 g/mol. The lowest BCUT2D eigenvalue weighted by Gasteiger charge is -2.37. The smallest absolute Gasteiger partial charge is 0.0608 e. The molecule has 0 saturated heterocycles. The summed E-state index contributed by atoms with van der Waals surface area (Å²) >= 11 is 0. The SMILES string of the molecule is CC.CC1CCC(C(C)C)C(OCCCO)C1. The summed E-state index contributed by atoms with van der Waals surface area (Å²) in [6.45, 7) is 11.9. The molecule has 1 saturated carbocycles. The molecule has 0 aliphatic heterocycles. The topological polar surface area (TPSA) is 29.5 Å². The largest absolute Gasteiger partial charge is 0.396 e. The Hall–Kier alpha value is -0.0800. The molecule has 1 rings (SSSR count). The van der Waals surface area contributed by atoms with E-state index in [0.717, 1.165) is 30.8 Å². The van der Waals surface area contributed by atoms with E-state index >= 15 is 0 Å². The van der Waals surface area contributed by atoms with E-state index in [4.69, 9.17) is 9.84 Å². The van der Waals surface area contributed by atoms with Crippen LogP contribution in [0.2, 0.25) is 0 Å². The summed E-state index contributed by atoms with van der Waals surface area (Å²) < 4.78 is 5.91. The third-order valence-electron chi connectivity index (χ3n) is 3.60. The van der Waals surface area contributed by atoms with Crippen LogP contribution in [-0.2, 0) is 4.74 Å². The maximum Gasteiger partial charge on any atom is 0.0608 e. The molecular weight excluding hydrogens is 212 g/mol. The molecule has 3 atom stereocenters. The highest BCUT2D eigenvalue weighted by atomic mass is 16.5. The summed E-state index contributed by atoms with van der Waals surface area (Å²) in [6.07, 6.45) is 5.07. The molecule has 0 aromatic rings. The Morgan fingerprint density at radius 3 is 2.41 bits per heavy atom. The molecule has 3 unspecified atom stereocenters. The van der Waals surface area contributed by atoms with Crippen LogP contribution < -0.4 is 0 Å². The lowest BCUT2D eigenvalue weighted by atomic mass is 9.75. The van der Waals surface area contributed by atoms with Gasteiger partial charge in [-0.1, -0.05) is 41.0 Å². The average molecular weight is 244 g/mol. The van der Waals surface area contributed by atoms with Gasteiger partial charge in [0, 0.05) is 13.2 Å². The predicted octanol–water partition coefficient (Wildman–Crippen LogP) is 3.87. The van der Waals surface area contributed by atoms with Gasteiger partial charge in [-0.25, -0.2) is 0 Å². The molecule has 0 spiro atoms. The number of ether oxygens (including phenoxy) is 1. The number of hydrogen-bond donors (Lipinski definition) is 1. The number of aliphatic hydroxyl groups is 1. The van der Waals surface area contributed by atoms with E-state index in [2.05, 4.69) is 20.8 Å². The van der Waals surface area contributed by atoms with E-state index in [0.29, 0.717) is 6.10 Å². The minimum absolute atomic E-state index is 0.245. The molecule has 0 amide bonds. The van der Waals surface area contributed by atoms with Crippen LogP contribution in [0.5, 0.6) is 0 Å². The highest BCUT2D eigenvalue weighted by molar-refractivity contribution is 4.81. The third kappa shape index (κ3) is 6.42. The van der Waals surface area contributed by atoms with Crippen molar-refractivity contribution in [1.82, 2.24) is 0 Å². The Labute approximate surface area is 108 Å². The molecule has 1 aliphatic carbocycles. The number of aliphatic hydroxyl groups excluding tert-OH is 1. The van der Waals surface area contributed by atoms with Crippen molar-refractivity contribution in [2.75, 3.05) is 13.2 Å². The van der Waals surface area contributed by atoms with Crippen molar-refractivity contribution in [2.24, 2.45) is 17.8 Å². The lowest BCUT2D eigenvalue weighted by molar-refractivity contribution is -0.0417. The summed E-state index contributed by atoms with van der Waals surface area (Å²) in [6, 6.07) is 0. The van der Waals surface area contributed by atoms with Crippen LogP contribution in [0.25, 0.3) is 0 Å². The fourth-order valence-corrected chi connectivity index (χ4v) is 2.61. The van der Waals surface area contributed by atoms with Gasteiger partial charge in [0.05, 0.1) is 6.10 Å². The quantitative estimate of drug-likeness (QED) is 0.744. The van der Waals surface area contributed by atoms with Crippen molar-refractivity contribution >= 4 is 0 Å². The minimum atomic E-state index is 0.245. The molecular formula is C15H32O2. The molecule has 0 aromatic carbocycles. The summed E-state index contributed by atoms with van der Waals surface area (Å²) in [4.78, 5) is 0. The Morgan fingerprint density at radius 2 is 1.88 bits per heavy atom. The van der Waals surface area contributed by atoms with Crippen molar-refractivity contribution in [3.05, 3.63) is 0 Å².